The number of nitrogens with one attached hydrogen (secondary N) is 1. The summed E-state index contributed by atoms with van der Waals surface area (Å²) in [6.45, 7) is 5.33. The minimum Gasteiger partial charge on any atom is -0.338 e. The van der Waals surface area contributed by atoms with E-state index in [9.17, 15) is 10.1 Å². The topological polar surface area (TPSA) is 52.9 Å². The second-order valence-electron chi connectivity index (χ2n) is 5.08. The summed E-state index contributed by atoms with van der Waals surface area (Å²) in [6, 6.07) is 21.4. The smallest absolute Gasteiger partial charge is 0.244 e. The van der Waals surface area contributed by atoms with Crippen molar-refractivity contribution < 1.29 is 4.79 Å². The molecule has 0 radical (unpaired) electrons. The van der Waals surface area contributed by atoms with Crippen LogP contribution in [0.15, 0.2) is 73.3 Å². The minimum atomic E-state index is -0.914. The average molecular weight is 290 g/mol. The lowest BCUT2D eigenvalue weighted by Gasteiger charge is -2.38. The molecule has 0 aromatic heterocycles. The average Bonchev–Trinajstić information content (AvgIpc) is 2.60. The Labute approximate surface area is 130 Å². The van der Waals surface area contributed by atoms with Crippen LogP contribution in [0.4, 0.5) is 0 Å². The van der Waals surface area contributed by atoms with Gasteiger partial charge in [-0.3, -0.25) is 4.79 Å². The molecule has 0 aliphatic carbocycles. The van der Waals surface area contributed by atoms with Gasteiger partial charge in [-0.05, 0) is 24.1 Å². The van der Waals surface area contributed by atoms with E-state index in [1.807, 2.05) is 67.6 Å². The second-order valence-corrected chi connectivity index (χ2v) is 5.08. The molecule has 1 N–H and O–H groups in total. The molecule has 0 saturated carbocycles. The number of hydrogen-bond acceptors (Lipinski definition) is 2. The van der Waals surface area contributed by atoms with Gasteiger partial charge in [-0.2, -0.15) is 5.26 Å². The number of carbonyl (C=O) groups excluding carboxylic acids is 1. The third kappa shape index (κ3) is 2.77. The Morgan fingerprint density at radius 3 is 1.95 bits per heavy atom. The van der Waals surface area contributed by atoms with Crippen LogP contribution in [-0.2, 0) is 10.3 Å². The summed E-state index contributed by atoms with van der Waals surface area (Å²) in [7, 11) is 0. The van der Waals surface area contributed by atoms with E-state index < -0.39 is 11.5 Å². The zero-order valence-corrected chi connectivity index (χ0v) is 12.5. The van der Waals surface area contributed by atoms with Crippen LogP contribution in [0.5, 0.6) is 0 Å². The number of hydrogen-bond donors (Lipinski definition) is 1. The predicted molar refractivity (Wildman–Crippen MR) is 86.8 cm³/mol. The molecule has 0 aliphatic heterocycles. The molecule has 3 heteroatoms. The molecule has 3 nitrogen and oxygen atoms in total. The molecule has 1 unspecified atom stereocenters. The first-order chi connectivity index (χ1) is 10.6. The monoisotopic (exact) mass is 290 g/mol. The third-order valence-corrected chi connectivity index (χ3v) is 3.81. The van der Waals surface area contributed by atoms with Gasteiger partial charge < -0.3 is 5.32 Å². The summed E-state index contributed by atoms with van der Waals surface area (Å²) in [5, 5.41) is 12.5. The lowest BCUT2D eigenvalue weighted by atomic mass is 9.74. The number of benzene rings is 2. The highest BCUT2D eigenvalue weighted by Crippen LogP contribution is 2.36. The van der Waals surface area contributed by atoms with Gasteiger partial charge in [-0.25, -0.2) is 0 Å². The SMILES string of the molecule is C=CC(=O)NC(c1ccccc1)(c1ccccc1)C(C)C#N. The molecule has 22 heavy (non-hydrogen) atoms. The van der Waals surface area contributed by atoms with Crippen molar-refractivity contribution in [2.45, 2.75) is 12.5 Å². The first-order valence-electron chi connectivity index (χ1n) is 7.10. The van der Waals surface area contributed by atoms with E-state index in [4.69, 9.17) is 0 Å². The molecule has 1 amide bonds. The van der Waals surface area contributed by atoms with E-state index in [1.54, 1.807) is 0 Å². The standard InChI is InChI=1S/C19H18N2O/c1-3-18(22)21-19(15(2)14-20,16-10-6-4-7-11-16)17-12-8-5-9-13-17/h3-13,15H,1H2,2H3,(H,21,22). The van der Waals surface area contributed by atoms with E-state index in [2.05, 4.69) is 18.0 Å². The Balaban J connectivity index is 2.72. The van der Waals surface area contributed by atoms with Crippen molar-refractivity contribution in [3.8, 4) is 6.07 Å². The van der Waals surface area contributed by atoms with Gasteiger partial charge in [0.05, 0.1) is 12.0 Å². The van der Waals surface area contributed by atoms with Crippen LogP contribution in [0, 0.1) is 17.2 Å². The van der Waals surface area contributed by atoms with Crippen LogP contribution in [0.2, 0.25) is 0 Å². The molecule has 0 heterocycles. The normalized spacial score (nSPS) is 12.0. The summed E-state index contributed by atoms with van der Waals surface area (Å²) in [4.78, 5) is 12.1. The van der Waals surface area contributed by atoms with Gasteiger partial charge in [-0.15, -0.1) is 0 Å². The largest absolute Gasteiger partial charge is 0.338 e. The highest BCUT2D eigenvalue weighted by Gasteiger charge is 2.41. The highest BCUT2D eigenvalue weighted by molar-refractivity contribution is 5.88. The maximum absolute atomic E-state index is 12.1. The Hall–Kier alpha value is -2.86. The van der Waals surface area contributed by atoms with E-state index in [-0.39, 0.29) is 5.91 Å². The Bertz CT molecular complexity index is 647. The van der Waals surface area contributed by atoms with E-state index in [0.717, 1.165) is 11.1 Å². The molecule has 2 rings (SSSR count). The van der Waals surface area contributed by atoms with Gasteiger partial charge in [0.1, 0.15) is 5.54 Å². The van der Waals surface area contributed by atoms with E-state index in [1.165, 1.54) is 6.08 Å². The fraction of sp³-hybridized carbons (Fsp3) is 0.158. The number of nitriles is 1. The zero-order valence-electron chi connectivity index (χ0n) is 12.5. The summed E-state index contributed by atoms with van der Waals surface area (Å²) in [6.07, 6.45) is 1.23. The van der Waals surface area contributed by atoms with Gasteiger partial charge in [0.15, 0.2) is 0 Å². The van der Waals surface area contributed by atoms with Crippen molar-refractivity contribution in [3.05, 3.63) is 84.4 Å². The molecular formula is C19H18N2O. The first-order valence-corrected chi connectivity index (χ1v) is 7.10. The van der Waals surface area contributed by atoms with Crippen molar-refractivity contribution in [2.24, 2.45) is 5.92 Å². The second kappa shape index (κ2) is 6.73. The fourth-order valence-electron chi connectivity index (χ4n) is 2.66. The van der Waals surface area contributed by atoms with Crippen LogP contribution >= 0.6 is 0 Å². The van der Waals surface area contributed by atoms with Gasteiger partial charge in [-0.1, -0.05) is 67.2 Å². The van der Waals surface area contributed by atoms with Crippen LogP contribution in [-0.4, -0.2) is 5.91 Å². The van der Waals surface area contributed by atoms with Gasteiger partial charge in [0, 0.05) is 0 Å². The van der Waals surface area contributed by atoms with Crippen LogP contribution in [0.25, 0.3) is 0 Å². The van der Waals surface area contributed by atoms with Crippen molar-refractivity contribution in [1.82, 2.24) is 5.32 Å². The molecule has 110 valence electrons. The number of amides is 1. The van der Waals surface area contributed by atoms with Gasteiger partial charge in [0.2, 0.25) is 5.91 Å². The van der Waals surface area contributed by atoms with Crippen LogP contribution in [0.3, 0.4) is 0 Å². The lowest BCUT2D eigenvalue weighted by Crippen LogP contribution is -2.50. The van der Waals surface area contributed by atoms with E-state index >= 15 is 0 Å². The number of nitrogens with zero attached hydrogens (tertiary/aromatic N) is 1. The maximum Gasteiger partial charge on any atom is 0.244 e. The van der Waals surface area contributed by atoms with Crippen LogP contribution < -0.4 is 5.32 Å². The molecular weight excluding hydrogens is 272 g/mol. The quantitative estimate of drug-likeness (QED) is 0.858. The molecule has 0 bridgehead atoms. The highest BCUT2D eigenvalue weighted by atomic mass is 16.1. The molecule has 0 spiro atoms. The van der Waals surface area contributed by atoms with Gasteiger partial charge >= 0.3 is 0 Å². The Kier molecular flexibility index (Phi) is 4.75. The molecule has 0 fully saturated rings. The lowest BCUT2D eigenvalue weighted by molar-refractivity contribution is -0.118. The zero-order chi connectivity index (χ0) is 16.0. The Morgan fingerprint density at radius 2 is 1.59 bits per heavy atom. The van der Waals surface area contributed by atoms with Crippen molar-refractivity contribution >= 4 is 5.91 Å². The van der Waals surface area contributed by atoms with Crippen molar-refractivity contribution in [2.75, 3.05) is 0 Å². The third-order valence-electron chi connectivity index (χ3n) is 3.81. The van der Waals surface area contributed by atoms with Crippen LogP contribution in [0.1, 0.15) is 18.1 Å². The summed E-state index contributed by atoms with van der Waals surface area (Å²) < 4.78 is 0. The minimum absolute atomic E-state index is 0.310. The summed E-state index contributed by atoms with van der Waals surface area (Å²) in [5.41, 5.74) is 0.818. The molecule has 2 aromatic carbocycles. The summed E-state index contributed by atoms with van der Waals surface area (Å²) >= 11 is 0. The molecule has 2 aromatic rings. The number of carbonyl (C=O) groups is 1. The molecule has 0 aliphatic rings. The van der Waals surface area contributed by atoms with Crippen molar-refractivity contribution in [3.63, 3.8) is 0 Å². The maximum atomic E-state index is 12.1. The molecule has 0 saturated heterocycles. The van der Waals surface area contributed by atoms with Crippen molar-refractivity contribution in [1.29, 1.82) is 5.26 Å². The Morgan fingerprint density at radius 1 is 1.14 bits per heavy atom. The summed E-state index contributed by atoms with van der Waals surface area (Å²) in [5.74, 6) is -0.768. The number of rotatable bonds is 5. The predicted octanol–water partition coefficient (Wildman–Crippen LogP) is 3.39. The van der Waals surface area contributed by atoms with Gasteiger partial charge in [0.25, 0.3) is 0 Å². The van der Waals surface area contributed by atoms with E-state index in [0.29, 0.717) is 0 Å². The fourth-order valence-corrected chi connectivity index (χ4v) is 2.66. The first kappa shape index (κ1) is 15.5. The molecule has 1 atom stereocenters.